The minimum absolute atomic E-state index is 0.0379. The van der Waals surface area contributed by atoms with Gasteiger partial charge in [0.2, 0.25) is 0 Å². The number of hydrogen-bond acceptors (Lipinski definition) is 3. The van der Waals surface area contributed by atoms with Crippen LogP contribution in [0.25, 0.3) is 0 Å². The van der Waals surface area contributed by atoms with E-state index < -0.39 is 11.4 Å². The number of carboxylic acids is 1. The molecule has 4 nitrogen and oxygen atoms in total. The number of carbonyl (C=O) groups is 2. The van der Waals surface area contributed by atoms with Crippen LogP contribution in [0.3, 0.4) is 0 Å². The minimum atomic E-state index is -0.660. The number of carboxylic acid groups (broad SMARTS) is 1. The number of hydrogen-bond donors (Lipinski definition) is 1. The fourth-order valence-electron chi connectivity index (χ4n) is 5.61. The Hall–Kier alpha value is -1.58. The van der Waals surface area contributed by atoms with E-state index in [1.807, 2.05) is 6.92 Å². The molecule has 3 aliphatic rings. The summed E-state index contributed by atoms with van der Waals surface area (Å²) in [5, 5.41) is 9.85. The second kappa shape index (κ2) is 6.05. The van der Waals surface area contributed by atoms with Crippen molar-refractivity contribution in [1.82, 2.24) is 0 Å². The van der Waals surface area contributed by atoms with Crippen LogP contribution in [0.15, 0.2) is 24.0 Å². The molecule has 24 heavy (non-hydrogen) atoms. The molecule has 2 fully saturated rings. The third kappa shape index (κ3) is 2.60. The van der Waals surface area contributed by atoms with Crippen molar-refractivity contribution in [2.45, 2.75) is 58.8 Å². The highest BCUT2D eigenvalue weighted by Gasteiger charge is 2.57. The van der Waals surface area contributed by atoms with Crippen LogP contribution in [-0.2, 0) is 14.3 Å². The van der Waals surface area contributed by atoms with Gasteiger partial charge in [-0.1, -0.05) is 25.5 Å². The van der Waals surface area contributed by atoms with Crippen LogP contribution in [-0.4, -0.2) is 23.5 Å². The largest absolute Gasteiger partial charge is 0.493 e. The quantitative estimate of drug-likeness (QED) is 0.787. The van der Waals surface area contributed by atoms with Gasteiger partial charge in [0.1, 0.15) is 6.61 Å². The lowest BCUT2D eigenvalue weighted by atomic mass is 9.46. The van der Waals surface area contributed by atoms with Gasteiger partial charge in [0.05, 0.1) is 11.7 Å². The lowest BCUT2D eigenvalue weighted by Crippen LogP contribution is -2.53. The molecule has 0 radical (unpaired) electrons. The zero-order valence-electron chi connectivity index (χ0n) is 14.8. The van der Waals surface area contributed by atoms with Crippen molar-refractivity contribution < 1.29 is 19.4 Å². The van der Waals surface area contributed by atoms with Crippen LogP contribution in [0.4, 0.5) is 0 Å². The van der Waals surface area contributed by atoms with Gasteiger partial charge in [0.15, 0.2) is 5.78 Å². The Kier molecular flexibility index (Phi) is 4.35. The zero-order valence-corrected chi connectivity index (χ0v) is 14.8. The summed E-state index contributed by atoms with van der Waals surface area (Å²) in [6.07, 6.45) is 7.74. The molecular formula is C20H28O4. The second-order valence-electron chi connectivity index (χ2n) is 8.30. The molecule has 0 aromatic rings. The van der Waals surface area contributed by atoms with E-state index in [9.17, 15) is 14.7 Å². The number of rotatable bonds is 4. The fraction of sp³-hybridized carbons (Fsp3) is 0.700. The molecule has 0 unspecified atom stereocenters. The summed E-state index contributed by atoms with van der Waals surface area (Å²) in [6.45, 7) is 8.66. The van der Waals surface area contributed by atoms with Crippen molar-refractivity contribution in [3.05, 3.63) is 24.0 Å². The number of ketones is 1. The van der Waals surface area contributed by atoms with E-state index in [0.717, 1.165) is 44.1 Å². The molecule has 0 amide bonds. The molecule has 132 valence electrons. The first-order valence-corrected chi connectivity index (χ1v) is 9.04. The van der Waals surface area contributed by atoms with E-state index in [0.29, 0.717) is 6.42 Å². The molecule has 3 rings (SSSR count). The fourth-order valence-corrected chi connectivity index (χ4v) is 5.61. The van der Waals surface area contributed by atoms with E-state index in [1.165, 1.54) is 5.57 Å². The second-order valence-corrected chi connectivity index (χ2v) is 8.30. The van der Waals surface area contributed by atoms with Gasteiger partial charge in [-0.2, -0.15) is 0 Å². The molecular weight excluding hydrogens is 304 g/mol. The first kappa shape index (κ1) is 17.2. The standard InChI is InChI=1S/C20H28O4/c1-13-5-8-17-19(2,9-4-10-20(17,3)18(22)23)15(13)7-6-14-11-24-12-16(14)21/h11,15,17H,1,4-10,12H2,2-3H3,(H,22,23)/t15-,17+,19+,20-/m0/s1. The highest BCUT2D eigenvalue weighted by molar-refractivity contribution is 5.97. The first-order valence-electron chi connectivity index (χ1n) is 9.04. The van der Waals surface area contributed by atoms with E-state index in [-0.39, 0.29) is 29.6 Å². The first-order chi connectivity index (χ1) is 11.3. The van der Waals surface area contributed by atoms with Gasteiger partial charge in [-0.25, -0.2) is 0 Å². The van der Waals surface area contributed by atoms with E-state index >= 15 is 0 Å². The zero-order chi connectivity index (χ0) is 17.5. The molecule has 4 heteroatoms. The Morgan fingerprint density at radius 2 is 2.17 bits per heavy atom. The molecule has 0 bridgehead atoms. The van der Waals surface area contributed by atoms with Crippen LogP contribution >= 0.6 is 0 Å². The number of Topliss-reactive ketones (excluding diaryl/α,β-unsaturated/α-hetero) is 1. The summed E-state index contributed by atoms with van der Waals surface area (Å²) < 4.78 is 5.12. The van der Waals surface area contributed by atoms with Gasteiger partial charge in [-0.15, -0.1) is 0 Å². The van der Waals surface area contributed by atoms with E-state index in [2.05, 4.69) is 13.5 Å². The molecule has 1 aliphatic heterocycles. The molecule has 1 heterocycles. The third-order valence-electron chi connectivity index (χ3n) is 7.01. The lowest BCUT2D eigenvalue weighted by molar-refractivity contribution is -0.164. The Morgan fingerprint density at radius 1 is 1.42 bits per heavy atom. The SMILES string of the molecule is C=C1CC[C@@H]2[C@](C)(CCC[C@]2(C)C(=O)O)[C@H]1CCC1=COCC1=O. The molecule has 0 spiro atoms. The number of allylic oxidation sites excluding steroid dienone is 1. The van der Waals surface area contributed by atoms with Crippen LogP contribution < -0.4 is 0 Å². The summed E-state index contributed by atoms with van der Waals surface area (Å²) >= 11 is 0. The average molecular weight is 332 g/mol. The van der Waals surface area contributed by atoms with Gasteiger partial charge in [-0.3, -0.25) is 9.59 Å². The number of ether oxygens (including phenoxy) is 1. The van der Waals surface area contributed by atoms with E-state index in [1.54, 1.807) is 6.26 Å². The molecule has 0 aromatic carbocycles. The highest BCUT2D eigenvalue weighted by atomic mass is 16.5. The average Bonchev–Trinajstić information content (AvgIpc) is 2.91. The Labute approximate surface area is 144 Å². The number of fused-ring (bicyclic) bond motifs is 1. The Bertz CT molecular complexity index is 605. The predicted octanol–water partition coefficient (Wildman–Crippen LogP) is 4.11. The summed E-state index contributed by atoms with van der Waals surface area (Å²) in [5.74, 6) is -0.121. The molecule has 2 saturated carbocycles. The van der Waals surface area contributed by atoms with Crippen molar-refractivity contribution in [3.63, 3.8) is 0 Å². The summed E-state index contributed by atoms with van der Waals surface area (Å²) in [5.41, 5.74) is 1.32. The van der Waals surface area contributed by atoms with Crippen molar-refractivity contribution in [1.29, 1.82) is 0 Å². The van der Waals surface area contributed by atoms with Gasteiger partial charge in [-0.05, 0) is 62.7 Å². The van der Waals surface area contributed by atoms with Gasteiger partial charge < -0.3 is 9.84 Å². The highest BCUT2D eigenvalue weighted by Crippen LogP contribution is 2.62. The summed E-state index contributed by atoms with van der Waals surface area (Å²) in [6, 6.07) is 0. The van der Waals surface area contributed by atoms with Crippen molar-refractivity contribution in [2.75, 3.05) is 6.61 Å². The van der Waals surface area contributed by atoms with Crippen molar-refractivity contribution in [2.24, 2.45) is 22.7 Å². The molecule has 4 atom stereocenters. The third-order valence-corrected chi connectivity index (χ3v) is 7.01. The topological polar surface area (TPSA) is 63.6 Å². The van der Waals surface area contributed by atoms with Gasteiger partial charge in [0.25, 0.3) is 0 Å². The van der Waals surface area contributed by atoms with Crippen molar-refractivity contribution >= 4 is 11.8 Å². The minimum Gasteiger partial charge on any atom is -0.493 e. The normalized spacial score (nSPS) is 39.2. The molecule has 2 aliphatic carbocycles. The van der Waals surface area contributed by atoms with Crippen LogP contribution in [0.2, 0.25) is 0 Å². The van der Waals surface area contributed by atoms with E-state index in [4.69, 9.17) is 4.74 Å². The summed E-state index contributed by atoms with van der Waals surface area (Å²) in [7, 11) is 0. The predicted molar refractivity (Wildman–Crippen MR) is 91.3 cm³/mol. The van der Waals surface area contributed by atoms with Crippen molar-refractivity contribution in [3.8, 4) is 0 Å². The number of carbonyl (C=O) groups excluding carboxylic acids is 1. The maximum Gasteiger partial charge on any atom is 0.309 e. The molecule has 0 saturated heterocycles. The Morgan fingerprint density at radius 3 is 2.79 bits per heavy atom. The maximum atomic E-state index is 12.0. The summed E-state index contributed by atoms with van der Waals surface area (Å²) in [4.78, 5) is 23.8. The van der Waals surface area contributed by atoms with Crippen LogP contribution in [0.1, 0.15) is 58.8 Å². The maximum absolute atomic E-state index is 12.0. The van der Waals surface area contributed by atoms with Gasteiger partial charge >= 0.3 is 5.97 Å². The Balaban J connectivity index is 1.83. The molecule has 0 aromatic heterocycles. The molecule has 1 N–H and O–H groups in total. The lowest BCUT2D eigenvalue weighted by Gasteiger charge is -2.57. The van der Waals surface area contributed by atoms with Crippen LogP contribution in [0, 0.1) is 22.7 Å². The number of aliphatic carboxylic acids is 1. The monoisotopic (exact) mass is 332 g/mol. The van der Waals surface area contributed by atoms with Crippen LogP contribution in [0.5, 0.6) is 0 Å². The smallest absolute Gasteiger partial charge is 0.309 e. The van der Waals surface area contributed by atoms with Gasteiger partial charge in [0, 0.05) is 5.57 Å².